The van der Waals surface area contributed by atoms with Gasteiger partial charge in [-0.25, -0.2) is 0 Å². The number of hydrogen-bond donors (Lipinski definition) is 0. The molecule has 1 nitrogen and oxygen atoms in total. The largest absolute Gasteiger partial charge is 0.294 e. The van der Waals surface area contributed by atoms with E-state index in [1.54, 1.807) is 0 Å². The normalized spacial score (nSPS) is 10.8. The molecule has 22 heavy (non-hydrogen) atoms. The molecular formula is C21H20O. The second-order valence-corrected chi connectivity index (χ2v) is 5.64. The third-order valence-electron chi connectivity index (χ3n) is 4.03. The van der Waals surface area contributed by atoms with Crippen molar-refractivity contribution in [1.82, 2.24) is 0 Å². The third-order valence-corrected chi connectivity index (χ3v) is 4.03. The van der Waals surface area contributed by atoms with E-state index >= 15 is 0 Å². The molecule has 0 saturated carbocycles. The SMILES string of the molecule is CCCCC(=O)c1cc2ccccc2cc1-c1ccccc1. The van der Waals surface area contributed by atoms with E-state index in [4.69, 9.17) is 0 Å². The van der Waals surface area contributed by atoms with Gasteiger partial charge in [0, 0.05) is 12.0 Å². The van der Waals surface area contributed by atoms with E-state index in [0.29, 0.717) is 6.42 Å². The summed E-state index contributed by atoms with van der Waals surface area (Å²) < 4.78 is 0. The molecule has 0 radical (unpaired) electrons. The van der Waals surface area contributed by atoms with Crippen LogP contribution in [0.15, 0.2) is 66.7 Å². The predicted molar refractivity (Wildman–Crippen MR) is 93.2 cm³/mol. The van der Waals surface area contributed by atoms with Crippen LogP contribution in [0.2, 0.25) is 0 Å². The molecule has 0 bridgehead atoms. The highest BCUT2D eigenvalue weighted by Crippen LogP contribution is 2.30. The number of benzene rings is 3. The molecule has 0 heterocycles. The summed E-state index contributed by atoms with van der Waals surface area (Å²) in [6.45, 7) is 2.12. The molecular weight excluding hydrogens is 268 g/mol. The van der Waals surface area contributed by atoms with Gasteiger partial charge in [0.1, 0.15) is 0 Å². The molecule has 0 spiro atoms. The minimum Gasteiger partial charge on any atom is -0.294 e. The quantitative estimate of drug-likeness (QED) is 0.536. The van der Waals surface area contributed by atoms with Crippen molar-refractivity contribution in [3.8, 4) is 11.1 Å². The van der Waals surface area contributed by atoms with Gasteiger partial charge in [-0.1, -0.05) is 67.9 Å². The van der Waals surface area contributed by atoms with Crippen LogP contribution in [0, 0.1) is 0 Å². The van der Waals surface area contributed by atoms with Gasteiger partial charge in [0.15, 0.2) is 5.78 Å². The molecule has 0 aliphatic heterocycles. The van der Waals surface area contributed by atoms with Crippen molar-refractivity contribution in [2.45, 2.75) is 26.2 Å². The van der Waals surface area contributed by atoms with Gasteiger partial charge in [0.05, 0.1) is 0 Å². The molecule has 0 aliphatic rings. The van der Waals surface area contributed by atoms with Crippen LogP contribution in [0.1, 0.15) is 36.5 Å². The molecule has 3 aromatic carbocycles. The first-order chi connectivity index (χ1) is 10.8. The van der Waals surface area contributed by atoms with Crippen molar-refractivity contribution in [2.75, 3.05) is 0 Å². The number of Topliss-reactive ketones (excluding diaryl/α,β-unsaturated/α-hetero) is 1. The Morgan fingerprint density at radius 1 is 0.864 bits per heavy atom. The smallest absolute Gasteiger partial charge is 0.163 e. The van der Waals surface area contributed by atoms with E-state index in [1.807, 2.05) is 30.3 Å². The summed E-state index contributed by atoms with van der Waals surface area (Å²) in [5.41, 5.74) is 2.99. The van der Waals surface area contributed by atoms with E-state index in [2.05, 4.69) is 43.3 Å². The lowest BCUT2D eigenvalue weighted by Crippen LogP contribution is -2.02. The Kier molecular flexibility index (Phi) is 4.34. The molecule has 0 fully saturated rings. The number of rotatable bonds is 5. The molecule has 3 rings (SSSR count). The minimum absolute atomic E-state index is 0.242. The zero-order valence-corrected chi connectivity index (χ0v) is 12.9. The number of unbranched alkanes of at least 4 members (excludes halogenated alkanes) is 1. The summed E-state index contributed by atoms with van der Waals surface area (Å²) in [4.78, 5) is 12.6. The second-order valence-electron chi connectivity index (χ2n) is 5.64. The Bertz CT molecular complexity index is 787. The fraction of sp³-hybridized carbons (Fsp3) is 0.190. The number of hydrogen-bond acceptors (Lipinski definition) is 1. The molecule has 110 valence electrons. The predicted octanol–water partition coefficient (Wildman–Crippen LogP) is 5.88. The maximum absolute atomic E-state index is 12.6. The molecule has 0 aromatic heterocycles. The Balaban J connectivity index is 2.16. The maximum atomic E-state index is 12.6. The van der Waals surface area contributed by atoms with E-state index in [0.717, 1.165) is 34.9 Å². The van der Waals surface area contributed by atoms with Crippen molar-refractivity contribution in [2.24, 2.45) is 0 Å². The summed E-state index contributed by atoms with van der Waals surface area (Å²) >= 11 is 0. The lowest BCUT2D eigenvalue weighted by Gasteiger charge is -2.11. The van der Waals surface area contributed by atoms with Crippen molar-refractivity contribution in [1.29, 1.82) is 0 Å². The van der Waals surface area contributed by atoms with Gasteiger partial charge in [-0.3, -0.25) is 4.79 Å². The highest BCUT2D eigenvalue weighted by atomic mass is 16.1. The monoisotopic (exact) mass is 288 g/mol. The van der Waals surface area contributed by atoms with Gasteiger partial charge in [0.2, 0.25) is 0 Å². The van der Waals surface area contributed by atoms with Crippen LogP contribution in [0.25, 0.3) is 21.9 Å². The zero-order valence-electron chi connectivity index (χ0n) is 12.9. The van der Waals surface area contributed by atoms with E-state index in [9.17, 15) is 4.79 Å². The van der Waals surface area contributed by atoms with E-state index in [1.165, 1.54) is 5.39 Å². The first kappa shape index (κ1) is 14.5. The first-order valence-corrected chi connectivity index (χ1v) is 7.91. The number of carbonyl (C=O) groups excluding carboxylic acids is 1. The molecule has 0 aliphatic carbocycles. The van der Waals surface area contributed by atoms with Gasteiger partial charge < -0.3 is 0 Å². The maximum Gasteiger partial charge on any atom is 0.163 e. The van der Waals surface area contributed by atoms with Crippen LogP contribution in [0.3, 0.4) is 0 Å². The molecule has 0 saturated heterocycles. The summed E-state index contributed by atoms with van der Waals surface area (Å²) in [5, 5.41) is 2.30. The zero-order chi connectivity index (χ0) is 15.4. The summed E-state index contributed by atoms with van der Waals surface area (Å²) in [6, 6.07) is 22.6. The van der Waals surface area contributed by atoms with Crippen LogP contribution in [0.4, 0.5) is 0 Å². The topological polar surface area (TPSA) is 17.1 Å². The third kappa shape index (κ3) is 2.94. The summed E-state index contributed by atoms with van der Waals surface area (Å²) in [7, 11) is 0. The van der Waals surface area contributed by atoms with Crippen molar-refractivity contribution >= 4 is 16.6 Å². The first-order valence-electron chi connectivity index (χ1n) is 7.91. The van der Waals surface area contributed by atoms with Gasteiger partial charge in [-0.15, -0.1) is 0 Å². The Morgan fingerprint density at radius 3 is 2.18 bits per heavy atom. The molecule has 0 amide bonds. The van der Waals surface area contributed by atoms with Gasteiger partial charge >= 0.3 is 0 Å². The summed E-state index contributed by atoms with van der Waals surface area (Å²) in [6.07, 6.45) is 2.61. The van der Waals surface area contributed by atoms with Crippen molar-refractivity contribution < 1.29 is 4.79 Å². The Morgan fingerprint density at radius 2 is 1.50 bits per heavy atom. The molecule has 3 aromatic rings. The average Bonchev–Trinajstić information content (AvgIpc) is 2.59. The minimum atomic E-state index is 0.242. The molecule has 0 atom stereocenters. The van der Waals surface area contributed by atoms with Gasteiger partial charge in [0.25, 0.3) is 0 Å². The van der Waals surface area contributed by atoms with Crippen LogP contribution < -0.4 is 0 Å². The standard InChI is InChI=1S/C21H20O/c1-2-3-13-21(22)20-15-18-12-8-7-11-17(18)14-19(20)16-9-5-4-6-10-16/h4-12,14-15H,2-3,13H2,1H3. The molecule has 0 N–H and O–H groups in total. The fourth-order valence-corrected chi connectivity index (χ4v) is 2.80. The highest BCUT2D eigenvalue weighted by molar-refractivity contribution is 6.06. The van der Waals surface area contributed by atoms with Gasteiger partial charge in [-0.2, -0.15) is 0 Å². The molecule has 0 unspecified atom stereocenters. The Hall–Kier alpha value is -2.41. The number of carbonyl (C=O) groups is 1. The van der Waals surface area contributed by atoms with Crippen LogP contribution in [0.5, 0.6) is 0 Å². The van der Waals surface area contributed by atoms with E-state index < -0.39 is 0 Å². The van der Waals surface area contributed by atoms with Crippen LogP contribution >= 0.6 is 0 Å². The number of fused-ring (bicyclic) bond motifs is 1. The summed E-state index contributed by atoms with van der Waals surface area (Å²) in [5.74, 6) is 0.242. The highest BCUT2D eigenvalue weighted by Gasteiger charge is 2.13. The van der Waals surface area contributed by atoms with Crippen LogP contribution in [-0.4, -0.2) is 5.78 Å². The number of ketones is 1. The van der Waals surface area contributed by atoms with E-state index in [-0.39, 0.29) is 5.78 Å². The van der Waals surface area contributed by atoms with Gasteiger partial charge in [-0.05, 0) is 40.5 Å². The fourth-order valence-electron chi connectivity index (χ4n) is 2.80. The lowest BCUT2D eigenvalue weighted by molar-refractivity contribution is 0.0980. The Labute approximate surface area is 131 Å². The lowest BCUT2D eigenvalue weighted by atomic mass is 9.92. The average molecular weight is 288 g/mol. The van der Waals surface area contributed by atoms with Crippen molar-refractivity contribution in [3.05, 3.63) is 72.3 Å². The van der Waals surface area contributed by atoms with Crippen LogP contribution in [-0.2, 0) is 0 Å². The molecule has 1 heteroatoms. The van der Waals surface area contributed by atoms with Crippen molar-refractivity contribution in [3.63, 3.8) is 0 Å². The second kappa shape index (κ2) is 6.57.